The van der Waals surface area contributed by atoms with E-state index in [0.29, 0.717) is 11.6 Å². The third kappa shape index (κ3) is 2.54. The molecule has 0 saturated heterocycles. The van der Waals surface area contributed by atoms with Crippen LogP contribution < -0.4 is 4.90 Å². The van der Waals surface area contributed by atoms with Gasteiger partial charge in [-0.25, -0.2) is 4.79 Å². The molecule has 1 N–H and O–H groups in total. The van der Waals surface area contributed by atoms with E-state index in [4.69, 9.17) is 9.52 Å². The monoisotopic (exact) mass is 271 g/mol. The second-order valence-electron chi connectivity index (χ2n) is 5.24. The van der Waals surface area contributed by atoms with Gasteiger partial charge in [-0.3, -0.25) is 0 Å². The van der Waals surface area contributed by atoms with Crippen LogP contribution in [-0.2, 0) is 6.54 Å². The number of hydrogen-bond donors (Lipinski definition) is 1. The second kappa shape index (κ2) is 5.04. The van der Waals surface area contributed by atoms with E-state index in [-0.39, 0.29) is 0 Å². The number of benzene rings is 1. The lowest BCUT2D eigenvalue weighted by atomic mass is 10.1. The first-order valence-corrected chi connectivity index (χ1v) is 6.78. The maximum atomic E-state index is 11.1. The lowest BCUT2D eigenvalue weighted by molar-refractivity contribution is 0.0696. The SMILES string of the molecule is Cc1cc(N(Cc2ccco2)C2CC2)ccc1C(=O)O. The van der Waals surface area contributed by atoms with Gasteiger partial charge in [0.1, 0.15) is 5.76 Å². The van der Waals surface area contributed by atoms with Crippen molar-refractivity contribution in [3.8, 4) is 0 Å². The summed E-state index contributed by atoms with van der Waals surface area (Å²) in [4.78, 5) is 13.4. The molecule has 1 aliphatic rings. The molecule has 104 valence electrons. The van der Waals surface area contributed by atoms with Gasteiger partial charge in [0.15, 0.2) is 0 Å². The Labute approximate surface area is 117 Å². The Kier molecular flexibility index (Phi) is 3.22. The van der Waals surface area contributed by atoms with Crippen LogP contribution in [0.25, 0.3) is 0 Å². The molecule has 1 aromatic heterocycles. The average Bonchev–Trinajstić information content (AvgIpc) is 3.12. The molecule has 0 aliphatic heterocycles. The third-order valence-electron chi connectivity index (χ3n) is 3.67. The number of anilines is 1. The Morgan fingerprint density at radius 1 is 1.40 bits per heavy atom. The molecule has 0 unspecified atom stereocenters. The van der Waals surface area contributed by atoms with E-state index in [9.17, 15) is 4.79 Å². The normalized spacial score (nSPS) is 14.2. The number of aryl methyl sites for hydroxylation is 1. The molecular formula is C16H17NO3. The van der Waals surface area contributed by atoms with Gasteiger partial charge >= 0.3 is 5.97 Å². The number of furan rings is 1. The van der Waals surface area contributed by atoms with Crippen molar-refractivity contribution in [2.75, 3.05) is 4.90 Å². The smallest absolute Gasteiger partial charge is 0.335 e. The van der Waals surface area contributed by atoms with Crippen LogP contribution >= 0.6 is 0 Å². The minimum atomic E-state index is -0.877. The van der Waals surface area contributed by atoms with Crippen LogP contribution in [0.4, 0.5) is 5.69 Å². The fourth-order valence-corrected chi connectivity index (χ4v) is 2.45. The summed E-state index contributed by atoms with van der Waals surface area (Å²) in [5.41, 5.74) is 2.22. The number of carboxylic acids is 1. The molecule has 0 spiro atoms. The number of carbonyl (C=O) groups is 1. The maximum Gasteiger partial charge on any atom is 0.335 e. The van der Waals surface area contributed by atoms with Gasteiger partial charge in [-0.15, -0.1) is 0 Å². The number of aromatic carboxylic acids is 1. The summed E-state index contributed by atoms with van der Waals surface area (Å²) in [5.74, 6) is 0.0509. The highest BCUT2D eigenvalue weighted by atomic mass is 16.4. The van der Waals surface area contributed by atoms with Gasteiger partial charge in [-0.2, -0.15) is 0 Å². The van der Waals surface area contributed by atoms with Gasteiger partial charge in [0.05, 0.1) is 18.4 Å². The lowest BCUT2D eigenvalue weighted by Crippen LogP contribution is -2.25. The summed E-state index contributed by atoms with van der Waals surface area (Å²) in [7, 11) is 0. The van der Waals surface area contributed by atoms with Gasteiger partial charge in [-0.05, 0) is 55.7 Å². The first-order valence-electron chi connectivity index (χ1n) is 6.78. The molecule has 4 heteroatoms. The Hall–Kier alpha value is -2.23. The van der Waals surface area contributed by atoms with Crippen LogP contribution in [0.2, 0.25) is 0 Å². The third-order valence-corrected chi connectivity index (χ3v) is 3.67. The molecule has 1 heterocycles. The lowest BCUT2D eigenvalue weighted by Gasteiger charge is -2.24. The molecule has 2 aromatic rings. The number of hydrogen-bond acceptors (Lipinski definition) is 3. The number of nitrogens with zero attached hydrogens (tertiary/aromatic N) is 1. The number of rotatable bonds is 5. The zero-order chi connectivity index (χ0) is 14.1. The van der Waals surface area contributed by atoms with Crippen LogP contribution in [-0.4, -0.2) is 17.1 Å². The molecule has 0 radical (unpaired) electrons. The summed E-state index contributed by atoms with van der Waals surface area (Å²) in [6, 6.07) is 9.91. The topological polar surface area (TPSA) is 53.7 Å². The Morgan fingerprint density at radius 3 is 2.75 bits per heavy atom. The first-order chi connectivity index (χ1) is 9.65. The standard InChI is InChI=1S/C16H17NO3/c1-11-9-13(6-7-15(11)16(18)19)17(12-4-5-12)10-14-3-2-8-20-14/h2-3,6-9,12H,4-5,10H2,1H3,(H,18,19). The van der Waals surface area contributed by atoms with Gasteiger partial charge < -0.3 is 14.4 Å². The highest BCUT2D eigenvalue weighted by molar-refractivity contribution is 5.89. The molecule has 3 rings (SSSR count). The Bertz CT molecular complexity index is 615. The largest absolute Gasteiger partial charge is 0.478 e. The van der Waals surface area contributed by atoms with Gasteiger partial charge in [-0.1, -0.05) is 0 Å². The Balaban J connectivity index is 1.88. The Morgan fingerprint density at radius 2 is 2.20 bits per heavy atom. The van der Waals surface area contributed by atoms with Crippen LogP contribution in [0.15, 0.2) is 41.0 Å². The zero-order valence-electron chi connectivity index (χ0n) is 11.4. The minimum Gasteiger partial charge on any atom is -0.478 e. The highest BCUT2D eigenvalue weighted by Gasteiger charge is 2.30. The van der Waals surface area contributed by atoms with E-state index in [1.807, 2.05) is 31.2 Å². The average molecular weight is 271 g/mol. The molecule has 1 saturated carbocycles. The van der Waals surface area contributed by atoms with E-state index in [1.165, 1.54) is 12.8 Å². The molecule has 0 bridgehead atoms. The molecular weight excluding hydrogens is 254 g/mol. The van der Waals surface area contributed by atoms with E-state index in [1.54, 1.807) is 12.3 Å². The van der Waals surface area contributed by atoms with Crippen LogP contribution in [0, 0.1) is 6.92 Å². The van der Waals surface area contributed by atoms with E-state index in [0.717, 1.165) is 23.6 Å². The van der Waals surface area contributed by atoms with Crippen molar-refractivity contribution in [2.45, 2.75) is 32.4 Å². The molecule has 20 heavy (non-hydrogen) atoms. The zero-order valence-corrected chi connectivity index (χ0v) is 11.4. The van der Waals surface area contributed by atoms with Crippen LogP contribution in [0.1, 0.15) is 34.5 Å². The van der Waals surface area contributed by atoms with Crippen molar-refractivity contribution in [1.29, 1.82) is 0 Å². The first kappa shape index (κ1) is 12.8. The summed E-state index contributed by atoms with van der Waals surface area (Å²) < 4.78 is 5.42. The summed E-state index contributed by atoms with van der Waals surface area (Å²) in [6.07, 6.45) is 4.04. The van der Waals surface area contributed by atoms with Gasteiger partial charge in [0, 0.05) is 11.7 Å². The van der Waals surface area contributed by atoms with Crippen LogP contribution in [0.3, 0.4) is 0 Å². The molecule has 0 atom stereocenters. The van der Waals surface area contributed by atoms with Crippen molar-refractivity contribution in [2.24, 2.45) is 0 Å². The van der Waals surface area contributed by atoms with E-state index in [2.05, 4.69) is 4.90 Å². The fourth-order valence-electron chi connectivity index (χ4n) is 2.45. The van der Waals surface area contributed by atoms with Crippen molar-refractivity contribution in [1.82, 2.24) is 0 Å². The molecule has 1 aromatic carbocycles. The molecule has 1 aliphatic carbocycles. The molecule has 1 fully saturated rings. The minimum absolute atomic E-state index is 0.363. The summed E-state index contributed by atoms with van der Waals surface area (Å²) >= 11 is 0. The predicted octanol–water partition coefficient (Wildman–Crippen LogP) is 3.46. The quantitative estimate of drug-likeness (QED) is 0.904. The van der Waals surface area contributed by atoms with Gasteiger partial charge in [0.25, 0.3) is 0 Å². The van der Waals surface area contributed by atoms with E-state index < -0.39 is 5.97 Å². The second-order valence-corrected chi connectivity index (χ2v) is 5.24. The predicted molar refractivity (Wildman–Crippen MR) is 76.1 cm³/mol. The van der Waals surface area contributed by atoms with Crippen molar-refractivity contribution in [3.05, 3.63) is 53.5 Å². The fraction of sp³-hybridized carbons (Fsp3) is 0.312. The molecule has 0 amide bonds. The van der Waals surface area contributed by atoms with Crippen molar-refractivity contribution in [3.63, 3.8) is 0 Å². The van der Waals surface area contributed by atoms with Gasteiger partial charge in [0.2, 0.25) is 0 Å². The maximum absolute atomic E-state index is 11.1. The van der Waals surface area contributed by atoms with Crippen molar-refractivity contribution >= 4 is 11.7 Å². The highest BCUT2D eigenvalue weighted by Crippen LogP contribution is 2.34. The summed E-state index contributed by atoms with van der Waals surface area (Å²) in [6.45, 7) is 2.56. The summed E-state index contributed by atoms with van der Waals surface area (Å²) in [5, 5.41) is 9.10. The van der Waals surface area contributed by atoms with Crippen LogP contribution in [0.5, 0.6) is 0 Å². The number of carboxylic acid groups (broad SMARTS) is 1. The van der Waals surface area contributed by atoms with Crippen molar-refractivity contribution < 1.29 is 14.3 Å². The molecule has 4 nitrogen and oxygen atoms in total. The van der Waals surface area contributed by atoms with E-state index >= 15 is 0 Å².